The predicted octanol–water partition coefficient (Wildman–Crippen LogP) is 5.39. The van der Waals surface area contributed by atoms with Gasteiger partial charge in [0.1, 0.15) is 0 Å². The number of hydrogen-bond donors (Lipinski definition) is 0. The molecule has 1 heterocycles. The molecule has 1 aliphatic heterocycles. The first kappa shape index (κ1) is 15.9. The van der Waals surface area contributed by atoms with E-state index in [1.807, 2.05) is 96.8 Å². The number of para-hydroxylation sites is 1. The van der Waals surface area contributed by atoms with Gasteiger partial charge in [-0.3, -0.25) is 4.79 Å². The molecule has 25 heavy (non-hydrogen) atoms. The fourth-order valence-electron chi connectivity index (χ4n) is 3.72. The predicted molar refractivity (Wildman–Crippen MR) is 102 cm³/mol. The molecule has 3 aromatic carbocycles. The van der Waals surface area contributed by atoms with Crippen LogP contribution in [0.5, 0.6) is 0 Å². The summed E-state index contributed by atoms with van der Waals surface area (Å²) >= 11 is 6.07. The van der Waals surface area contributed by atoms with E-state index in [0.717, 1.165) is 16.8 Å². The Balaban J connectivity index is 1.85. The summed E-state index contributed by atoms with van der Waals surface area (Å²) in [5.41, 5.74) is 2.44. The summed E-state index contributed by atoms with van der Waals surface area (Å²) in [7, 11) is 0. The van der Waals surface area contributed by atoms with Crippen LogP contribution in [0, 0.1) is 0 Å². The molecule has 1 aliphatic rings. The lowest BCUT2D eigenvalue weighted by Crippen LogP contribution is -2.65. The molecule has 0 aliphatic carbocycles. The van der Waals surface area contributed by atoms with Crippen LogP contribution in [0.4, 0.5) is 5.69 Å². The summed E-state index contributed by atoms with van der Waals surface area (Å²) in [5, 5.41) is 0.696. The van der Waals surface area contributed by atoms with Gasteiger partial charge in [0, 0.05) is 10.7 Å². The maximum absolute atomic E-state index is 13.2. The van der Waals surface area contributed by atoms with E-state index in [1.165, 1.54) is 0 Å². The lowest BCUT2D eigenvalue weighted by molar-refractivity contribution is -0.132. The van der Waals surface area contributed by atoms with Gasteiger partial charge in [-0.25, -0.2) is 0 Å². The van der Waals surface area contributed by atoms with Gasteiger partial charge < -0.3 is 4.90 Å². The minimum atomic E-state index is -0.592. The number of carbonyl (C=O) groups excluding carboxylic acids is 1. The number of anilines is 1. The molecule has 1 fully saturated rings. The first-order valence-electron chi connectivity index (χ1n) is 8.32. The molecule has 1 saturated heterocycles. The molecule has 0 saturated carbocycles. The highest BCUT2D eigenvalue weighted by atomic mass is 35.5. The van der Waals surface area contributed by atoms with Crippen LogP contribution < -0.4 is 4.90 Å². The maximum Gasteiger partial charge on any atom is 0.240 e. The number of hydrogen-bond acceptors (Lipinski definition) is 1. The zero-order chi connectivity index (χ0) is 17.4. The fourth-order valence-corrected chi connectivity index (χ4v) is 3.85. The van der Waals surface area contributed by atoms with Crippen molar-refractivity contribution >= 4 is 23.2 Å². The van der Waals surface area contributed by atoms with Crippen LogP contribution in [0.15, 0.2) is 84.9 Å². The van der Waals surface area contributed by atoms with E-state index in [4.69, 9.17) is 11.6 Å². The Morgan fingerprint density at radius 3 is 2.00 bits per heavy atom. The van der Waals surface area contributed by atoms with E-state index >= 15 is 0 Å². The fraction of sp³-hybridized carbons (Fsp3) is 0.136. The zero-order valence-electron chi connectivity index (χ0n) is 13.9. The Morgan fingerprint density at radius 2 is 1.40 bits per heavy atom. The van der Waals surface area contributed by atoms with Crippen molar-refractivity contribution in [1.82, 2.24) is 0 Å². The van der Waals surface area contributed by atoms with Crippen LogP contribution in [0.2, 0.25) is 5.02 Å². The molecule has 124 valence electrons. The Bertz CT molecular complexity index is 892. The largest absolute Gasteiger partial charge is 0.303 e. The first-order valence-corrected chi connectivity index (χ1v) is 8.70. The Kier molecular flexibility index (Phi) is 3.85. The summed E-state index contributed by atoms with van der Waals surface area (Å²) in [6.07, 6.45) is 0. The summed E-state index contributed by atoms with van der Waals surface area (Å²) in [5.74, 6) is 0.116. The third-order valence-electron chi connectivity index (χ3n) is 5.06. The molecule has 3 heteroatoms. The lowest BCUT2D eigenvalue weighted by atomic mass is 9.64. The Morgan fingerprint density at radius 1 is 0.840 bits per heavy atom. The molecular weight excluding hydrogens is 330 g/mol. The molecular formula is C22H18ClNO. The monoisotopic (exact) mass is 347 g/mol. The molecule has 0 spiro atoms. The van der Waals surface area contributed by atoms with Gasteiger partial charge in [-0.2, -0.15) is 0 Å². The standard InChI is InChI=1S/C22H18ClNO/c1-22(17-8-4-2-5-9-17)20(16-12-14-18(23)15-13-16)24(21(22)25)19-10-6-3-7-11-19/h2-15,20H,1H3/t20-,22-/m1/s1. The number of β-lactam (4-membered cyclic amide) rings is 1. The third-order valence-corrected chi connectivity index (χ3v) is 5.31. The number of rotatable bonds is 3. The molecule has 3 aromatic rings. The van der Waals surface area contributed by atoms with Crippen LogP contribution in [-0.2, 0) is 10.2 Å². The summed E-state index contributed by atoms with van der Waals surface area (Å²) in [6, 6.07) is 27.6. The van der Waals surface area contributed by atoms with E-state index in [9.17, 15) is 4.79 Å². The lowest BCUT2D eigenvalue weighted by Gasteiger charge is -2.55. The van der Waals surface area contributed by atoms with Crippen molar-refractivity contribution < 1.29 is 4.79 Å². The third kappa shape index (κ3) is 2.45. The van der Waals surface area contributed by atoms with Gasteiger partial charge in [-0.1, -0.05) is 72.3 Å². The van der Waals surface area contributed by atoms with Crippen LogP contribution >= 0.6 is 11.6 Å². The molecule has 0 aromatic heterocycles. The molecule has 4 rings (SSSR count). The van der Waals surface area contributed by atoms with Gasteiger partial charge >= 0.3 is 0 Å². The second kappa shape index (κ2) is 6.05. The number of amides is 1. The van der Waals surface area contributed by atoms with Crippen LogP contribution in [0.25, 0.3) is 0 Å². The average Bonchev–Trinajstić information content (AvgIpc) is 2.67. The molecule has 2 nitrogen and oxygen atoms in total. The van der Waals surface area contributed by atoms with Crippen molar-refractivity contribution in [1.29, 1.82) is 0 Å². The van der Waals surface area contributed by atoms with Gasteiger partial charge in [0.15, 0.2) is 0 Å². The molecule has 1 amide bonds. The topological polar surface area (TPSA) is 20.3 Å². The molecule has 2 atom stereocenters. The number of nitrogens with zero attached hydrogens (tertiary/aromatic N) is 1. The summed E-state index contributed by atoms with van der Waals surface area (Å²) in [4.78, 5) is 15.1. The van der Waals surface area contributed by atoms with Crippen molar-refractivity contribution in [3.8, 4) is 0 Å². The van der Waals surface area contributed by atoms with Crippen molar-refractivity contribution in [2.24, 2.45) is 0 Å². The molecule has 0 radical (unpaired) electrons. The highest BCUT2D eigenvalue weighted by molar-refractivity contribution is 6.30. The summed E-state index contributed by atoms with van der Waals surface area (Å²) < 4.78 is 0. The van der Waals surface area contributed by atoms with Crippen molar-refractivity contribution in [3.05, 3.63) is 101 Å². The highest BCUT2D eigenvalue weighted by Gasteiger charge is 2.59. The van der Waals surface area contributed by atoms with Gasteiger partial charge in [-0.15, -0.1) is 0 Å². The highest BCUT2D eigenvalue weighted by Crippen LogP contribution is 2.53. The van der Waals surface area contributed by atoms with Crippen LogP contribution in [0.3, 0.4) is 0 Å². The SMILES string of the molecule is C[C@]1(c2ccccc2)C(=O)N(c2ccccc2)[C@@H]1c1ccc(Cl)cc1. The van der Waals surface area contributed by atoms with Crippen molar-refractivity contribution in [3.63, 3.8) is 0 Å². The second-order valence-electron chi connectivity index (χ2n) is 6.53. The van der Waals surface area contributed by atoms with E-state index in [0.29, 0.717) is 5.02 Å². The molecule has 0 bridgehead atoms. The quantitative estimate of drug-likeness (QED) is 0.582. The number of carbonyl (C=O) groups is 1. The Hall–Kier alpha value is -2.58. The second-order valence-corrected chi connectivity index (χ2v) is 6.97. The normalized spacial score (nSPS) is 22.6. The van der Waals surface area contributed by atoms with E-state index in [-0.39, 0.29) is 11.9 Å². The van der Waals surface area contributed by atoms with Gasteiger partial charge in [0.25, 0.3) is 0 Å². The van der Waals surface area contributed by atoms with Crippen molar-refractivity contribution in [2.45, 2.75) is 18.4 Å². The zero-order valence-corrected chi connectivity index (χ0v) is 14.6. The maximum atomic E-state index is 13.2. The van der Waals surface area contributed by atoms with Crippen LogP contribution in [-0.4, -0.2) is 5.91 Å². The van der Waals surface area contributed by atoms with E-state index in [1.54, 1.807) is 0 Å². The van der Waals surface area contributed by atoms with Crippen molar-refractivity contribution in [2.75, 3.05) is 4.90 Å². The summed E-state index contributed by atoms with van der Waals surface area (Å²) in [6.45, 7) is 2.03. The first-order chi connectivity index (χ1) is 12.1. The molecule has 0 N–H and O–H groups in total. The number of halogens is 1. The smallest absolute Gasteiger partial charge is 0.240 e. The molecule has 0 unspecified atom stereocenters. The van der Waals surface area contributed by atoms with E-state index < -0.39 is 5.41 Å². The van der Waals surface area contributed by atoms with E-state index in [2.05, 4.69) is 0 Å². The van der Waals surface area contributed by atoms with Gasteiger partial charge in [-0.05, 0) is 42.3 Å². The van der Waals surface area contributed by atoms with Gasteiger partial charge in [0.2, 0.25) is 5.91 Å². The minimum absolute atomic E-state index is 0.0675. The average molecular weight is 348 g/mol. The minimum Gasteiger partial charge on any atom is -0.303 e. The Labute approximate surface area is 152 Å². The number of benzene rings is 3. The van der Waals surface area contributed by atoms with Gasteiger partial charge in [0.05, 0.1) is 11.5 Å². The van der Waals surface area contributed by atoms with Crippen LogP contribution in [0.1, 0.15) is 24.1 Å².